The lowest BCUT2D eigenvalue weighted by atomic mass is 10.1. The summed E-state index contributed by atoms with van der Waals surface area (Å²) in [6, 6.07) is 6.85. The minimum atomic E-state index is -0.269. The summed E-state index contributed by atoms with van der Waals surface area (Å²) >= 11 is 5.79. The van der Waals surface area contributed by atoms with E-state index in [1.807, 2.05) is 13.8 Å². The van der Waals surface area contributed by atoms with E-state index in [1.165, 1.54) is 0 Å². The molecule has 0 atom stereocenters. The normalized spacial score (nSPS) is 10.2. The van der Waals surface area contributed by atoms with Gasteiger partial charge in [-0.2, -0.15) is 0 Å². The molecule has 0 spiro atoms. The van der Waals surface area contributed by atoms with E-state index >= 15 is 0 Å². The number of benzene rings is 1. The van der Waals surface area contributed by atoms with E-state index in [4.69, 9.17) is 11.6 Å². The van der Waals surface area contributed by atoms with Crippen molar-refractivity contribution in [3.63, 3.8) is 0 Å². The van der Waals surface area contributed by atoms with Gasteiger partial charge in [-0.3, -0.25) is 9.59 Å². The number of rotatable bonds is 5. The summed E-state index contributed by atoms with van der Waals surface area (Å²) in [6.07, 6.45) is 0.421. The second kappa shape index (κ2) is 7.01. The van der Waals surface area contributed by atoms with Crippen LogP contribution in [0.4, 0.5) is 5.69 Å². The highest BCUT2D eigenvalue weighted by molar-refractivity contribution is 6.30. The molecule has 0 aliphatic heterocycles. The van der Waals surface area contributed by atoms with E-state index in [9.17, 15) is 9.59 Å². The first-order valence-corrected chi connectivity index (χ1v) is 6.17. The van der Waals surface area contributed by atoms with Crippen molar-refractivity contribution in [2.75, 3.05) is 11.9 Å². The highest BCUT2D eigenvalue weighted by Crippen LogP contribution is 2.14. The molecule has 2 amide bonds. The van der Waals surface area contributed by atoms with Crippen LogP contribution >= 0.6 is 11.6 Å². The van der Waals surface area contributed by atoms with Crippen LogP contribution in [0.3, 0.4) is 0 Å². The minimum absolute atomic E-state index is 0.0297. The average Bonchev–Trinajstić information content (AvgIpc) is 2.25. The lowest BCUT2D eigenvalue weighted by molar-refractivity contribution is -0.124. The van der Waals surface area contributed by atoms with Gasteiger partial charge < -0.3 is 10.6 Å². The van der Waals surface area contributed by atoms with Crippen LogP contribution in [0.2, 0.25) is 5.02 Å². The first-order chi connectivity index (χ1) is 8.47. The summed E-state index contributed by atoms with van der Waals surface area (Å²) < 4.78 is 0. The molecule has 1 aromatic carbocycles. The van der Waals surface area contributed by atoms with Gasteiger partial charge in [0.05, 0.1) is 6.54 Å². The molecule has 0 radical (unpaired) electrons. The van der Waals surface area contributed by atoms with Crippen molar-refractivity contribution in [1.82, 2.24) is 5.32 Å². The van der Waals surface area contributed by atoms with Crippen molar-refractivity contribution in [2.45, 2.75) is 20.3 Å². The van der Waals surface area contributed by atoms with E-state index in [2.05, 4.69) is 10.6 Å². The number of hydrogen-bond acceptors (Lipinski definition) is 2. The Morgan fingerprint density at radius 1 is 1.28 bits per heavy atom. The Morgan fingerprint density at radius 3 is 2.61 bits per heavy atom. The summed E-state index contributed by atoms with van der Waals surface area (Å²) in [7, 11) is 0. The third kappa shape index (κ3) is 5.68. The number of carbonyl (C=O) groups is 2. The number of nitrogens with one attached hydrogen (secondary N) is 2. The molecule has 1 aromatic rings. The van der Waals surface area contributed by atoms with Crippen LogP contribution in [0.5, 0.6) is 0 Å². The average molecular weight is 269 g/mol. The molecule has 1 rings (SSSR count). The van der Waals surface area contributed by atoms with Crippen LogP contribution in [0.25, 0.3) is 0 Å². The van der Waals surface area contributed by atoms with Crippen molar-refractivity contribution >= 4 is 29.1 Å². The second-order valence-electron chi connectivity index (χ2n) is 4.43. The van der Waals surface area contributed by atoms with Crippen LogP contribution < -0.4 is 10.6 Å². The fourth-order valence-electron chi connectivity index (χ4n) is 1.39. The van der Waals surface area contributed by atoms with Crippen molar-refractivity contribution in [1.29, 1.82) is 0 Å². The van der Waals surface area contributed by atoms with E-state index in [0.29, 0.717) is 17.1 Å². The molecule has 98 valence electrons. The predicted molar refractivity (Wildman–Crippen MR) is 72.5 cm³/mol. The maximum atomic E-state index is 11.5. The maximum Gasteiger partial charge on any atom is 0.243 e. The SMILES string of the molecule is CC(C)CC(=O)NCC(=O)Nc1cccc(Cl)c1. The molecule has 0 fully saturated rings. The Labute approximate surface area is 112 Å². The van der Waals surface area contributed by atoms with Gasteiger partial charge in [-0.1, -0.05) is 31.5 Å². The van der Waals surface area contributed by atoms with Gasteiger partial charge in [-0.05, 0) is 24.1 Å². The molecule has 0 saturated carbocycles. The highest BCUT2D eigenvalue weighted by Gasteiger charge is 2.07. The first kappa shape index (κ1) is 14.5. The molecule has 4 nitrogen and oxygen atoms in total. The summed E-state index contributed by atoms with van der Waals surface area (Å²) in [4.78, 5) is 22.9. The summed E-state index contributed by atoms with van der Waals surface area (Å²) in [5, 5.41) is 5.77. The molecule has 5 heteroatoms. The summed E-state index contributed by atoms with van der Waals surface area (Å²) in [6.45, 7) is 3.87. The van der Waals surface area contributed by atoms with Gasteiger partial charge in [0.15, 0.2) is 0 Å². The zero-order chi connectivity index (χ0) is 13.5. The Kier molecular flexibility index (Phi) is 5.65. The Morgan fingerprint density at radius 2 is 2.00 bits per heavy atom. The summed E-state index contributed by atoms with van der Waals surface area (Å²) in [5.41, 5.74) is 0.616. The van der Waals surface area contributed by atoms with Crippen LogP contribution in [-0.4, -0.2) is 18.4 Å². The minimum Gasteiger partial charge on any atom is -0.347 e. The summed E-state index contributed by atoms with van der Waals surface area (Å²) in [5.74, 6) is -0.110. The third-order valence-electron chi connectivity index (χ3n) is 2.15. The molecule has 0 heterocycles. The number of hydrogen-bond donors (Lipinski definition) is 2. The fourth-order valence-corrected chi connectivity index (χ4v) is 1.58. The van der Waals surface area contributed by atoms with Crippen LogP contribution in [0.15, 0.2) is 24.3 Å². The highest BCUT2D eigenvalue weighted by atomic mass is 35.5. The van der Waals surface area contributed by atoms with Gasteiger partial charge in [0.2, 0.25) is 11.8 Å². The van der Waals surface area contributed by atoms with Crippen LogP contribution in [0, 0.1) is 5.92 Å². The van der Waals surface area contributed by atoms with Crippen LogP contribution in [0.1, 0.15) is 20.3 Å². The van der Waals surface area contributed by atoms with Gasteiger partial charge in [-0.15, -0.1) is 0 Å². The number of anilines is 1. The van der Waals surface area contributed by atoms with Crippen molar-refractivity contribution in [2.24, 2.45) is 5.92 Å². The molecule has 0 aliphatic carbocycles. The Balaban J connectivity index is 2.36. The largest absolute Gasteiger partial charge is 0.347 e. The van der Waals surface area contributed by atoms with Crippen molar-refractivity contribution < 1.29 is 9.59 Å². The second-order valence-corrected chi connectivity index (χ2v) is 4.87. The number of amides is 2. The van der Waals surface area contributed by atoms with Crippen molar-refractivity contribution in [3.05, 3.63) is 29.3 Å². The fraction of sp³-hybridized carbons (Fsp3) is 0.385. The number of carbonyl (C=O) groups excluding carboxylic acids is 2. The van der Waals surface area contributed by atoms with E-state index in [-0.39, 0.29) is 24.3 Å². The van der Waals surface area contributed by atoms with Gasteiger partial charge >= 0.3 is 0 Å². The first-order valence-electron chi connectivity index (χ1n) is 5.79. The zero-order valence-electron chi connectivity index (χ0n) is 10.5. The molecule has 0 bridgehead atoms. The van der Waals surface area contributed by atoms with Gasteiger partial charge in [-0.25, -0.2) is 0 Å². The molecular weight excluding hydrogens is 252 g/mol. The quantitative estimate of drug-likeness (QED) is 0.862. The topological polar surface area (TPSA) is 58.2 Å². The smallest absolute Gasteiger partial charge is 0.243 e. The van der Waals surface area contributed by atoms with Gasteiger partial charge in [0.1, 0.15) is 0 Å². The third-order valence-corrected chi connectivity index (χ3v) is 2.38. The van der Waals surface area contributed by atoms with Gasteiger partial charge in [0, 0.05) is 17.1 Å². The molecule has 0 unspecified atom stereocenters. The maximum absolute atomic E-state index is 11.5. The van der Waals surface area contributed by atoms with E-state index in [1.54, 1.807) is 24.3 Å². The van der Waals surface area contributed by atoms with Crippen molar-refractivity contribution in [3.8, 4) is 0 Å². The monoisotopic (exact) mass is 268 g/mol. The zero-order valence-corrected chi connectivity index (χ0v) is 11.3. The lowest BCUT2D eigenvalue weighted by Gasteiger charge is -2.08. The molecule has 0 aromatic heterocycles. The van der Waals surface area contributed by atoms with Gasteiger partial charge in [0.25, 0.3) is 0 Å². The lowest BCUT2D eigenvalue weighted by Crippen LogP contribution is -2.33. The Hall–Kier alpha value is -1.55. The number of halogens is 1. The Bertz CT molecular complexity index is 433. The standard InChI is InChI=1S/C13H17ClN2O2/c1-9(2)6-12(17)15-8-13(18)16-11-5-3-4-10(14)7-11/h3-5,7,9H,6,8H2,1-2H3,(H,15,17)(H,16,18). The van der Waals surface area contributed by atoms with E-state index < -0.39 is 0 Å². The molecular formula is C13H17ClN2O2. The molecule has 2 N–H and O–H groups in total. The molecule has 18 heavy (non-hydrogen) atoms. The van der Waals surface area contributed by atoms with Crippen LogP contribution in [-0.2, 0) is 9.59 Å². The van der Waals surface area contributed by atoms with E-state index in [0.717, 1.165) is 0 Å². The molecule has 0 saturated heterocycles. The molecule has 0 aliphatic rings. The predicted octanol–water partition coefficient (Wildman–Crippen LogP) is 2.44.